The van der Waals surface area contributed by atoms with Crippen LogP contribution in [0.25, 0.3) is 0 Å². The summed E-state index contributed by atoms with van der Waals surface area (Å²) >= 11 is 0. The highest BCUT2D eigenvalue weighted by atomic mass is 16.2. The van der Waals surface area contributed by atoms with Crippen LogP contribution in [-0.4, -0.2) is 61.6 Å². The fourth-order valence-corrected chi connectivity index (χ4v) is 2.87. The maximum absolute atomic E-state index is 12.5. The quantitative estimate of drug-likeness (QED) is 0.657. The maximum atomic E-state index is 12.5. The van der Waals surface area contributed by atoms with Crippen LogP contribution in [-0.2, 0) is 22.7 Å². The Morgan fingerprint density at radius 2 is 1.04 bits per heavy atom. The zero-order valence-corrected chi connectivity index (χ0v) is 17.6. The van der Waals surface area contributed by atoms with E-state index in [1.807, 2.05) is 62.4 Å². The molecule has 0 spiro atoms. The molecular weight excluding hydrogens is 349 g/mol. The Balaban J connectivity index is 1.79. The molecule has 2 amide bonds. The van der Waals surface area contributed by atoms with E-state index in [0.717, 1.165) is 11.1 Å². The van der Waals surface area contributed by atoms with E-state index in [1.54, 1.807) is 36.7 Å². The van der Waals surface area contributed by atoms with Gasteiger partial charge in [-0.05, 0) is 25.0 Å². The average molecular weight is 379 g/mol. The summed E-state index contributed by atoms with van der Waals surface area (Å²) < 4.78 is 0. The first kappa shape index (κ1) is 21.7. The van der Waals surface area contributed by atoms with Gasteiger partial charge in [0.1, 0.15) is 0 Å². The molecule has 0 saturated heterocycles. The van der Waals surface area contributed by atoms with Crippen LogP contribution in [0.5, 0.6) is 0 Å². The minimum atomic E-state index is -0.00272. The van der Waals surface area contributed by atoms with E-state index in [0.29, 0.717) is 13.1 Å². The number of amides is 2. The number of hydrogen-bond donors (Lipinski definition) is 0. The molecule has 0 N–H and O–H groups in total. The van der Waals surface area contributed by atoms with Crippen molar-refractivity contribution in [3.05, 3.63) is 70.8 Å². The summed E-state index contributed by atoms with van der Waals surface area (Å²) in [4.78, 5) is 30.1. The SMILES string of the molecule is BN(CC(=O)N(C)Cc1ccc(C)cc1)CC(=O)N(C)Cc1ccc(C)cc1. The van der Waals surface area contributed by atoms with Crippen molar-refractivity contribution in [2.24, 2.45) is 0 Å². The molecule has 0 atom stereocenters. The first-order valence-electron chi connectivity index (χ1n) is 9.52. The molecule has 0 bridgehead atoms. The molecular formula is C22H30BN3O2. The summed E-state index contributed by atoms with van der Waals surface area (Å²) in [6.07, 6.45) is 0. The lowest BCUT2D eigenvalue weighted by atomic mass is 10.1. The molecule has 0 unspecified atom stereocenters. The second kappa shape index (κ2) is 10.1. The van der Waals surface area contributed by atoms with Gasteiger partial charge in [0.15, 0.2) is 7.98 Å². The van der Waals surface area contributed by atoms with Crippen molar-refractivity contribution >= 4 is 19.8 Å². The van der Waals surface area contributed by atoms with Gasteiger partial charge in [-0.15, -0.1) is 0 Å². The van der Waals surface area contributed by atoms with Crippen molar-refractivity contribution in [2.45, 2.75) is 26.9 Å². The van der Waals surface area contributed by atoms with Crippen LogP contribution in [0.2, 0.25) is 0 Å². The predicted octanol–water partition coefficient (Wildman–Crippen LogP) is 1.77. The normalized spacial score (nSPS) is 10.8. The standard InChI is InChI=1S/C22H30BN3O2/c1-17-5-9-19(10-6-17)13-24(3)21(27)15-26(23)16-22(28)25(4)14-20-11-7-18(2)8-12-20/h5-12H,13-16,23H2,1-4H3. The van der Waals surface area contributed by atoms with E-state index in [4.69, 9.17) is 0 Å². The highest BCUT2D eigenvalue weighted by Crippen LogP contribution is 2.08. The maximum Gasteiger partial charge on any atom is 0.235 e. The minimum Gasteiger partial charge on any atom is -0.340 e. The first-order chi connectivity index (χ1) is 13.2. The third-order valence-electron chi connectivity index (χ3n) is 4.74. The molecule has 148 valence electrons. The molecule has 2 aromatic rings. The fourth-order valence-electron chi connectivity index (χ4n) is 2.87. The van der Waals surface area contributed by atoms with Crippen molar-refractivity contribution in [2.75, 3.05) is 27.2 Å². The molecule has 0 saturated carbocycles. The molecule has 0 heterocycles. The lowest BCUT2D eigenvalue weighted by molar-refractivity contribution is -0.133. The van der Waals surface area contributed by atoms with Crippen molar-refractivity contribution < 1.29 is 9.59 Å². The molecule has 0 aromatic heterocycles. The first-order valence-corrected chi connectivity index (χ1v) is 9.52. The van der Waals surface area contributed by atoms with Gasteiger partial charge < -0.3 is 14.6 Å². The minimum absolute atomic E-state index is 0.00272. The van der Waals surface area contributed by atoms with Gasteiger partial charge in [0.2, 0.25) is 11.8 Å². The molecule has 5 nitrogen and oxygen atoms in total. The second-order valence-corrected chi connectivity index (χ2v) is 7.64. The fraction of sp³-hybridized carbons (Fsp3) is 0.364. The Morgan fingerprint density at radius 3 is 1.36 bits per heavy atom. The zero-order chi connectivity index (χ0) is 20.7. The van der Waals surface area contributed by atoms with Crippen molar-refractivity contribution in [1.82, 2.24) is 14.6 Å². The Bertz CT molecular complexity index is 723. The number of nitrogens with zero attached hydrogens (tertiary/aromatic N) is 3. The number of hydrogen-bond acceptors (Lipinski definition) is 3. The molecule has 2 rings (SSSR count). The number of carbonyl (C=O) groups excluding carboxylic acids is 2. The molecule has 2 aromatic carbocycles. The number of benzene rings is 2. The van der Waals surface area contributed by atoms with Gasteiger partial charge >= 0.3 is 0 Å². The van der Waals surface area contributed by atoms with Gasteiger partial charge in [-0.3, -0.25) is 9.59 Å². The van der Waals surface area contributed by atoms with Gasteiger partial charge in [0, 0.05) is 27.2 Å². The Kier molecular flexibility index (Phi) is 7.82. The summed E-state index contributed by atoms with van der Waals surface area (Å²) in [6, 6.07) is 16.3. The van der Waals surface area contributed by atoms with Crippen molar-refractivity contribution in [3.8, 4) is 0 Å². The number of rotatable bonds is 8. The van der Waals surface area contributed by atoms with E-state index < -0.39 is 0 Å². The highest BCUT2D eigenvalue weighted by molar-refractivity contribution is 6.07. The molecule has 0 aliphatic carbocycles. The number of carbonyl (C=O) groups is 2. The Morgan fingerprint density at radius 1 is 0.714 bits per heavy atom. The van der Waals surface area contributed by atoms with E-state index in [9.17, 15) is 9.59 Å². The second-order valence-electron chi connectivity index (χ2n) is 7.64. The average Bonchev–Trinajstić information content (AvgIpc) is 2.65. The van der Waals surface area contributed by atoms with Crippen molar-refractivity contribution in [3.63, 3.8) is 0 Å². The highest BCUT2D eigenvalue weighted by Gasteiger charge is 2.16. The Labute approximate surface area is 169 Å². The van der Waals surface area contributed by atoms with Crippen LogP contribution in [0.15, 0.2) is 48.5 Å². The summed E-state index contributed by atoms with van der Waals surface area (Å²) in [5.74, 6) is -0.00544. The van der Waals surface area contributed by atoms with Crippen LogP contribution >= 0.6 is 0 Å². The monoisotopic (exact) mass is 379 g/mol. The largest absolute Gasteiger partial charge is 0.340 e. The molecule has 0 aliphatic heterocycles. The van der Waals surface area contributed by atoms with Gasteiger partial charge in [-0.2, -0.15) is 0 Å². The van der Waals surface area contributed by atoms with Crippen LogP contribution in [0.3, 0.4) is 0 Å². The lowest BCUT2D eigenvalue weighted by Crippen LogP contribution is -2.42. The van der Waals surface area contributed by atoms with Crippen molar-refractivity contribution in [1.29, 1.82) is 0 Å². The van der Waals surface area contributed by atoms with E-state index in [2.05, 4.69) is 0 Å². The van der Waals surface area contributed by atoms with Gasteiger partial charge in [-0.1, -0.05) is 59.7 Å². The van der Waals surface area contributed by atoms with E-state index in [1.165, 1.54) is 11.1 Å². The van der Waals surface area contributed by atoms with Crippen LogP contribution in [0, 0.1) is 13.8 Å². The molecule has 6 heteroatoms. The topological polar surface area (TPSA) is 43.9 Å². The number of likely N-dealkylation sites (N-methyl/N-ethyl adjacent to an activating group) is 2. The summed E-state index contributed by atoms with van der Waals surface area (Å²) in [5.41, 5.74) is 4.59. The van der Waals surface area contributed by atoms with E-state index in [-0.39, 0.29) is 24.9 Å². The smallest absolute Gasteiger partial charge is 0.235 e. The third kappa shape index (κ3) is 6.85. The molecule has 28 heavy (non-hydrogen) atoms. The van der Waals surface area contributed by atoms with E-state index >= 15 is 0 Å². The Hall–Kier alpha value is -2.60. The molecule has 0 aliphatic rings. The van der Waals surface area contributed by atoms with Gasteiger partial charge in [-0.25, -0.2) is 0 Å². The van der Waals surface area contributed by atoms with Crippen LogP contribution < -0.4 is 0 Å². The van der Waals surface area contributed by atoms with Crippen LogP contribution in [0.1, 0.15) is 22.3 Å². The third-order valence-corrected chi connectivity index (χ3v) is 4.74. The summed E-state index contributed by atoms with van der Waals surface area (Å²) in [5, 5.41) is 0. The predicted molar refractivity (Wildman–Crippen MR) is 115 cm³/mol. The van der Waals surface area contributed by atoms with Gasteiger partial charge in [0.05, 0.1) is 13.1 Å². The molecule has 0 radical (unpaired) electrons. The van der Waals surface area contributed by atoms with Gasteiger partial charge in [0.25, 0.3) is 0 Å². The zero-order valence-electron chi connectivity index (χ0n) is 17.6. The lowest BCUT2D eigenvalue weighted by Gasteiger charge is -2.24. The number of aryl methyl sites for hydroxylation is 2. The van der Waals surface area contributed by atoms with Crippen LogP contribution in [0.4, 0.5) is 0 Å². The summed E-state index contributed by atoms with van der Waals surface area (Å²) in [6.45, 7) is 5.64. The molecule has 0 fully saturated rings. The summed E-state index contributed by atoms with van der Waals surface area (Å²) in [7, 11) is 5.39.